The number of fused-ring (bicyclic) bond motifs is 1. The number of amidine groups is 1. The van der Waals surface area contributed by atoms with Gasteiger partial charge in [0.15, 0.2) is 11.6 Å². The lowest BCUT2D eigenvalue weighted by Crippen LogP contribution is -2.15. The van der Waals surface area contributed by atoms with Crippen molar-refractivity contribution in [2.24, 2.45) is 4.40 Å². The highest BCUT2D eigenvalue weighted by atomic mass is 79.9. The first-order valence-electron chi connectivity index (χ1n) is 8.23. The molecule has 0 aliphatic carbocycles. The molecule has 0 unspecified atom stereocenters. The highest BCUT2D eigenvalue weighted by Gasteiger charge is 2.29. The van der Waals surface area contributed by atoms with Gasteiger partial charge in [-0.15, -0.1) is 4.40 Å². The van der Waals surface area contributed by atoms with Crippen LogP contribution in [-0.2, 0) is 10.0 Å². The molecule has 1 aliphatic heterocycles. The molecular formula is C20H13BrN2O4S. The highest BCUT2D eigenvalue weighted by molar-refractivity contribution is 9.10. The Balaban J connectivity index is 1.65. The lowest BCUT2D eigenvalue weighted by atomic mass is 10.2. The number of halogens is 1. The van der Waals surface area contributed by atoms with Crippen LogP contribution in [0.3, 0.4) is 0 Å². The Labute approximate surface area is 170 Å². The van der Waals surface area contributed by atoms with Gasteiger partial charge in [0.2, 0.25) is 0 Å². The standard InChI is InChI=1S/C20H13BrN2O4S/c21-15-9-3-1-7-13(15)20(24)27-17-11-5-4-10-16(17)22-19-14-8-2-6-12-18(14)28(25,26)23-19/h1-12H,(H,22,23). The van der Waals surface area contributed by atoms with E-state index in [1.165, 1.54) is 6.07 Å². The molecule has 28 heavy (non-hydrogen) atoms. The predicted octanol–water partition coefficient (Wildman–Crippen LogP) is 4.23. The quantitative estimate of drug-likeness (QED) is 0.470. The van der Waals surface area contributed by atoms with E-state index in [2.05, 4.69) is 25.6 Å². The van der Waals surface area contributed by atoms with Gasteiger partial charge in [0.05, 0.1) is 11.3 Å². The van der Waals surface area contributed by atoms with Crippen LogP contribution in [-0.4, -0.2) is 20.2 Å². The van der Waals surface area contributed by atoms with E-state index in [0.717, 1.165) is 0 Å². The molecule has 0 amide bonds. The second-order valence-electron chi connectivity index (χ2n) is 5.90. The minimum Gasteiger partial charge on any atom is -0.421 e. The van der Waals surface area contributed by atoms with Crippen LogP contribution in [0.15, 0.2) is 86.6 Å². The van der Waals surface area contributed by atoms with Gasteiger partial charge in [-0.1, -0.05) is 36.4 Å². The molecule has 0 spiro atoms. The fourth-order valence-electron chi connectivity index (χ4n) is 2.76. The molecule has 6 nitrogen and oxygen atoms in total. The zero-order chi connectivity index (χ0) is 19.7. The summed E-state index contributed by atoms with van der Waals surface area (Å²) in [6.45, 7) is 0. The Morgan fingerprint density at radius 1 is 0.929 bits per heavy atom. The van der Waals surface area contributed by atoms with Gasteiger partial charge in [0.25, 0.3) is 10.0 Å². The van der Waals surface area contributed by atoms with Crippen LogP contribution in [0.25, 0.3) is 0 Å². The van der Waals surface area contributed by atoms with Gasteiger partial charge in [-0.05, 0) is 52.3 Å². The molecule has 3 aromatic rings. The van der Waals surface area contributed by atoms with Crippen LogP contribution in [0.4, 0.5) is 5.69 Å². The molecule has 140 valence electrons. The number of benzene rings is 3. The first-order valence-corrected chi connectivity index (χ1v) is 10.5. The molecule has 0 bridgehead atoms. The Morgan fingerprint density at radius 2 is 1.61 bits per heavy atom. The second-order valence-corrected chi connectivity index (χ2v) is 8.33. The topological polar surface area (TPSA) is 84.8 Å². The van der Waals surface area contributed by atoms with Crippen LogP contribution in [0.5, 0.6) is 5.75 Å². The molecule has 4 rings (SSSR count). The van der Waals surface area contributed by atoms with Gasteiger partial charge in [-0.25, -0.2) is 4.79 Å². The van der Waals surface area contributed by atoms with Crippen LogP contribution in [0.1, 0.15) is 15.9 Å². The van der Waals surface area contributed by atoms with Gasteiger partial charge in [-0.2, -0.15) is 8.42 Å². The molecule has 1 aliphatic rings. The molecule has 0 saturated carbocycles. The van der Waals surface area contributed by atoms with Gasteiger partial charge >= 0.3 is 5.97 Å². The van der Waals surface area contributed by atoms with Crippen molar-refractivity contribution in [1.82, 2.24) is 0 Å². The van der Waals surface area contributed by atoms with Crippen molar-refractivity contribution in [3.05, 3.63) is 88.4 Å². The number of para-hydroxylation sites is 2. The van der Waals surface area contributed by atoms with E-state index >= 15 is 0 Å². The van der Waals surface area contributed by atoms with Crippen LogP contribution in [0, 0.1) is 0 Å². The number of nitrogens with one attached hydrogen (secondary N) is 1. The number of sulfonamides is 1. The van der Waals surface area contributed by atoms with Gasteiger partial charge in [-0.3, -0.25) is 0 Å². The molecule has 3 aromatic carbocycles. The van der Waals surface area contributed by atoms with Gasteiger partial charge in [0, 0.05) is 10.0 Å². The monoisotopic (exact) mass is 456 g/mol. The Morgan fingerprint density at radius 3 is 2.43 bits per heavy atom. The number of nitrogens with zero attached hydrogens (tertiary/aromatic N) is 1. The average molecular weight is 457 g/mol. The fraction of sp³-hybridized carbons (Fsp3) is 0. The van der Waals surface area contributed by atoms with E-state index in [-0.39, 0.29) is 16.5 Å². The summed E-state index contributed by atoms with van der Waals surface area (Å²) in [5, 5.41) is 2.97. The van der Waals surface area contributed by atoms with E-state index in [1.807, 2.05) is 0 Å². The number of anilines is 1. The highest BCUT2D eigenvalue weighted by Crippen LogP contribution is 2.30. The molecule has 0 atom stereocenters. The molecule has 0 fully saturated rings. The largest absolute Gasteiger partial charge is 0.421 e. The lowest BCUT2D eigenvalue weighted by Gasteiger charge is -2.12. The van der Waals surface area contributed by atoms with Crippen molar-refractivity contribution < 1.29 is 17.9 Å². The third-order valence-electron chi connectivity index (χ3n) is 4.07. The maximum absolute atomic E-state index is 12.5. The van der Waals surface area contributed by atoms with Crippen molar-refractivity contribution in [2.75, 3.05) is 5.32 Å². The predicted molar refractivity (Wildman–Crippen MR) is 109 cm³/mol. The van der Waals surface area contributed by atoms with Crippen molar-refractivity contribution in [2.45, 2.75) is 4.90 Å². The van der Waals surface area contributed by atoms with E-state index in [1.54, 1.807) is 66.7 Å². The number of carbonyl (C=O) groups excluding carboxylic acids is 1. The summed E-state index contributed by atoms with van der Waals surface area (Å²) in [7, 11) is -3.75. The number of hydrogen-bond donors (Lipinski definition) is 1. The number of ether oxygens (including phenoxy) is 1. The van der Waals surface area contributed by atoms with E-state index < -0.39 is 16.0 Å². The van der Waals surface area contributed by atoms with Crippen molar-refractivity contribution >= 4 is 43.4 Å². The molecule has 1 N–H and O–H groups in total. The van der Waals surface area contributed by atoms with E-state index in [9.17, 15) is 13.2 Å². The summed E-state index contributed by atoms with van der Waals surface area (Å²) in [5.74, 6) is -0.101. The van der Waals surface area contributed by atoms with Crippen molar-refractivity contribution in [3.8, 4) is 5.75 Å². The Hall–Kier alpha value is -2.97. The first-order chi connectivity index (χ1) is 13.5. The SMILES string of the molecule is O=C(Oc1ccccc1NC1=NS(=O)(=O)c2ccccc21)c1ccccc1Br. The molecular weight excluding hydrogens is 444 g/mol. The minimum absolute atomic E-state index is 0.139. The summed E-state index contributed by atoms with van der Waals surface area (Å²) in [4.78, 5) is 12.7. The van der Waals surface area contributed by atoms with Crippen LogP contribution < -0.4 is 10.1 Å². The third kappa shape index (κ3) is 3.44. The molecule has 1 heterocycles. The number of esters is 1. The zero-order valence-electron chi connectivity index (χ0n) is 14.3. The Bertz CT molecular complexity index is 1220. The van der Waals surface area contributed by atoms with Crippen molar-refractivity contribution in [3.63, 3.8) is 0 Å². The lowest BCUT2D eigenvalue weighted by molar-refractivity contribution is 0.0735. The normalized spacial score (nSPS) is 14.1. The molecule has 8 heteroatoms. The second kappa shape index (κ2) is 7.21. The first kappa shape index (κ1) is 18.4. The maximum Gasteiger partial charge on any atom is 0.344 e. The third-order valence-corrected chi connectivity index (χ3v) is 6.09. The number of carbonyl (C=O) groups is 1. The smallest absolute Gasteiger partial charge is 0.344 e. The Kier molecular flexibility index (Phi) is 4.74. The summed E-state index contributed by atoms with van der Waals surface area (Å²) < 4.78 is 34.4. The van der Waals surface area contributed by atoms with Crippen LogP contribution in [0.2, 0.25) is 0 Å². The van der Waals surface area contributed by atoms with Crippen LogP contribution >= 0.6 is 15.9 Å². The molecule has 0 aromatic heterocycles. The number of rotatable bonds is 3. The van der Waals surface area contributed by atoms with E-state index in [0.29, 0.717) is 21.3 Å². The minimum atomic E-state index is -3.75. The van der Waals surface area contributed by atoms with Gasteiger partial charge < -0.3 is 10.1 Å². The molecule has 0 radical (unpaired) electrons. The van der Waals surface area contributed by atoms with Crippen molar-refractivity contribution in [1.29, 1.82) is 0 Å². The molecule has 0 saturated heterocycles. The van der Waals surface area contributed by atoms with Gasteiger partial charge in [0.1, 0.15) is 4.90 Å². The number of hydrogen-bond acceptors (Lipinski definition) is 5. The fourth-order valence-corrected chi connectivity index (χ4v) is 4.39. The van der Waals surface area contributed by atoms with E-state index in [4.69, 9.17) is 4.74 Å². The summed E-state index contributed by atoms with van der Waals surface area (Å²) >= 11 is 3.33. The average Bonchev–Trinajstić information content (AvgIpc) is 2.94. The summed E-state index contributed by atoms with van der Waals surface area (Å²) in [5.41, 5.74) is 1.27. The zero-order valence-corrected chi connectivity index (χ0v) is 16.7. The maximum atomic E-state index is 12.5. The summed E-state index contributed by atoms with van der Waals surface area (Å²) in [6.07, 6.45) is 0. The summed E-state index contributed by atoms with van der Waals surface area (Å²) in [6, 6.07) is 20.2.